The molecule has 4 aromatic rings. The summed E-state index contributed by atoms with van der Waals surface area (Å²) in [6.07, 6.45) is 7.12. The van der Waals surface area contributed by atoms with Gasteiger partial charge in [0.15, 0.2) is 0 Å². The summed E-state index contributed by atoms with van der Waals surface area (Å²) >= 11 is 0. The van der Waals surface area contributed by atoms with E-state index in [4.69, 9.17) is 9.72 Å². The Morgan fingerprint density at radius 2 is 1.77 bits per heavy atom. The fraction of sp³-hybridized carbons (Fsp3) is 0.485. The van der Waals surface area contributed by atoms with Crippen molar-refractivity contribution in [3.8, 4) is 11.3 Å². The van der Waals surface area contributed by atoms with E-state index in [1.807, 2.05) is 79.0 Å². The Morgan fingerprint density at radius 1 is 1.02 bits per heavy atom. The minimum absolute atomic E-state index is 0.172. The maximum atomic E-state index is 13.0. The van der Waals surface area contributed by atoms with Crippen LogP contribution in [0.25, 0.3) is 22.3 Å². The van der Waals surface area contributed by atoms with Crippen molar-refractivity contribution in [2.75, 3.05) is 31.5 Å². The Balaban J connectivity index is 0.987. The number of benzene rings is 2. The monoisotopic (exact) mass is 598 g/mol. The number of H-pyrrole nitrogens is 1. The topological polar surface area (TPSA) is 121 Å². The molecule has 0 saturated carbocycles. The van der Waals surface area contributed by atoms with Crippen LogP contribution in [0.3, 0.4) is 0 Å². The van der Waals surface area contributed by atoms with Gasteiger partial charge in [0.25, 0.3) is 5.91 Å². The van der Waals surface area contributed by atoms with Crippen molar-refractivity contribution in [3.05, 3.63) is 60.0 Å². The van der Waals surface area contributed by atoms with Crippen molar-refractivity contribution < 1.29 is 14.3 Å². The van der Waals surface area contributed by atoms with E-state index in [-0.39, 0.29) is 12.0 Å². The van der Waals surface area contributed by atoms with Crippen LogP contribution in [-0.4, -0.2) is 78.5 Å². The van der Waals surface area contributed by atoms with Gasteiger partial charge in [-0.05, 0) is 102 Å². The number of nitrogens with zero attached hydrogens (tertiary/aromatic N) is 6. The molecule has 2 fully saturated rings. The SMILES string of the molecule is CC(C)(C)OC(=O)N1CCC(CCn2cc(-c3ccc(C(=O)Nc4ccc5nc(CN6CCCC6)[nH]c5c4)cc3)nn2)CC1. The summed E-state index contributed by atoms with van der Waals surface area (Å²) in [5.74, 6) is 1.32. The average Bonchev–Trinajstić information content (AvgIpc) is 3.77. The summed E-state index contributed by atoms with van der Waals surface area (Å²) in [7, 11) is 0. The summed E-state index contributed by atoms with van der Waals surface area (Å²) in [5, 5.41) is 11.7. The maximum Gasteiger partial charge on any atom is 0.410 e. The predicted molar refractivity (Wildman–Crippen MR) is 169 cm³/mol. The van der Waals surface area contributed by atoms with Crippen molar-refractivity contribution in [1.82, 2.24) is 34.8 Å². The highest BCUT2D eigenvalue weighted by Gasteiger charge is 2.27. The maximum absolute atomic E-state index is 13.0. The molecule has 0 aliphatic carbocycles. The van der Waals surface area contributed by atoms with Crippen LogP contribution in [0.4, 0.5) is 10.5 Å². The molecule has 2 aliphatic heterocycles. The highest BCUT2D eigenvalue weighted by atomic mass is 16.6. The fourth-order valence-electron chi connectivity index (χ4n) is 5.95. The second-order valence-electron chi connectivity index (χ2n) is 13.0. The number of carbonyl (C=O) groups is 2. The van der Waals surface area contributed by atoms with Gasteiger partial charge in [0.2, 0.25) is 0 Å². The number of aromatic amines is 1. The van der Waals surface area contributed by atoms with Gasteiger partial charge < -0.3 is 19.9 Å². The van der Waals surface area contributed by atoms with Crippen LogP contribution >= 0.6 is 0 Å². The lowest BCUT2D eigenvalue weighted by molar-refractivity contribution is 0.0179. The van der Waals surface area contributed by atoms with E-state index in [9.17, 15) is 9.59 Å². The fourth-order valence-corrected chi connectivity index (χ4v) is 5.95. The standard InChI is InChI=1S/C33H42N8O3/c1-33(2,3)44-32(43)40-17-12-23(13-18-40)14-19-41-21-29(37-38-41)24-6-8-25(9-7-24)31(42)34-26-10-11-27-28(20-26)36-30(35-27)22-39-15-4-5-16-39/h6-11,20-21,23H,4-5,12-19,22H2,1-3H3,(H,34,42)(H,35,36). The van der Waals surface area contributed by atoms with E-state index in [2.05, 4.69) is 25.5 Å². The number of rotatable bonds is 8. The number of hydrogen-bond donors (Lipinski definition) is 2. The van der Waals surface area contributed by atoms with Crippen molar-refractivity contribution in [3.63, 3.8) is 0 Å². The summed E-state index contributed by atoms with van der Waals surface area (Å²) < 4.78 is 7.38. The Kier molecular flexibility index (Phi) is 8.65. The molecule has 6 rings (SSSR count). The lowest BCUT2D eigenvalue weighted by Crippen LogP contribution is -2.41. The number of nitrogens with one attached hydrogen (secondary N) is 2. The van der Waals surface area contributed by atoms with Gasteiger partial charge in [-0.2, -0.15) is 0 Å². The molecule has 0 atom stereocenters. The third-order valence-corrected chi connectivity index (χ3v) is 8.38. The molecule has 11 nitrogen and oxygen atoms in total. The number of aromatic nitrogens is 5. The van der Waals surface area contributed by atoms with Crippen molar-refractivity contribution in [1.29, 1.82) is 0 Å². The molecule has 11 heteroatoms. The molecule has 2 N–H and O–H groups in total. The molecule has 0 bridgehead atoms. The number of piperidine rings is 1. The van der Waals surface area contributed by atoms with E-state index in [0.29, 0.717) is 11.5 Å². The van der Waals surface area contributed by atoms with Gasteiger partial charge in [0.05, 0.1) is 23.8 Å². The van der Waals surface area contributed by atoms with E-state index < -0.39 is 5.60 Å². The Morgan fingerprint density at radius 3 is 2.50 bits per heavy atom. The highest BCUT2D eigenvalue weighted by Crippen LogP contribution is 2.24. The number of anilines is 1. The molecule has 0 unspecified atom stereocenters. The Labute approximate surface area is 258 Å². The number of aryl methyl sites for hydroxylation is 1. The van der Waals surface area contributed by atoms with Crippen molar-refractivity contribution in [2.45, 2.75) is 71.6 Å². The molecule has 44 heavy (non-hydrogen) atoms. The quantitative estimate of drug-likeness (QED) is 0.267. The number of ether oxygens (including phenoxy) is 1. The predicted octanol–water partition coefficient (Wildman–Crippen LogP) is 5.71. The molecule has 4 heterocycles. The zero-order valence-electron chi connectivity index (χ0n) is 25.9. The Hall–Kier alpha value is -4.25. The summed E-state index contributed by atoms with van der Waals surface area (Å²) in [6.45, 7) is 11.0. The van der Waals surface area contributed by atoms with Gasteiger partial charge in [-0.25, -0.2) is 9.78 Å². The van der Waals surface area contributed by atoms with E-state index >= 15 is 0 Å². The summed E-state index contributed by atoms with van der Waals surface area (Å²) in [4.78, 5) is 37.6. The van der Waals surface area contributed by atoms with Crippen LogP contribution in [0.15, 0.2) is 48.7 Å². The van der Waals surface area contributed by atoms with Crippen LogP contribution in [0.5, 0.6) is 0 Å². The second kappa shape index (κ2) is 12.8. The van der Waals surface area contributed by atoms with Crippen LogP contribution in [0.2, 0.25) is 0 Å². The molecule has 0 radical (unpaired) electrons. The minimum atomic E-state index is -0.473. The second-order valence-corrected chi connectivity index (χ2v) is 13.0. The number of likely N-dealkylation sites (tertiary alicyclic amines) is 2. The molecule has 0 spiro atoms. The molecule has 2 aromatic heterocycles. The van der Waals surface area contributed by atoms with Crippen LogP contribution in [-0.2, 0) is 17.8 Å². The largest absolute Gasteiger partial charge is 0.444 e. The van der Waals surface area contributed by atoms with Gasteiger partial charge in [-0.3, -0.25) is 14.4 Å². The highest BCUT2D eigenvalue weighted by molar-refractivity contribution is 6.05. The van der Waals surface area contributed by atoms with E-state index in [0.717, 1.165) is 92.3 Å². The molecule has 232 valence electrons. The number of amides is 2. The molecule has 2 amide bonds. The van der Waals surface area contributed by atoms with Gasteiger partial charge >= 0.3 is 6.09 Å². The van der Waals surface area contributed by atoms with Gasteiger partial charge in [-0.1, -0.05) is 17.3 Å². The molecule has 2 saturated heterocycles. The molecular formula is C33H42N8O3. The molecule has 2 aromatic carbocycles. The zero-order chi connectivity index (χ0) is 30.7. The lowest BCUT2D eigenvalue weighted by atomic mass is 9.94. The molecular weight excluding hydrogens is 556 g/mol. The Bertz CT molecular complexity index is 1590. The minimum Gasteiger partial charge on any atom is -0.444 e. The lowest BCUT2D eigenvalue weighted by Gasteiger charge is -2.33. The van der Waals surface area contributed by atoms with Gasteiger partial charge in [0.1, 0.15) is 17.1 Å². The number of fused-ring (bicyclic) bond motifs is 1. The van der Waals surface area contributed by atoms with E-state index in [1.54, 1.807) is 0 Å². The van der Waals surface area contributed by atoms with Gasteiger partial charge in [0, 0.05) is 36.4 Å². The zero-order valence-corrected chi connectivity index (χ0v) is 25.9. The third-order valence-electron chi connectivity index (χ3n) is 8.38. The first-order chi connectivity index (χ1) is 21.2. The van der Waals surface area contributed by atoms with Crippen molar-refractivity contribution in [2.24, 2.45) is 5.92 Å². The third kappa shape index (κ3) is 7.45. The number of hydrogen-bond acceptors (Lipinski definition) is 7. The van der Waals surface area contributed by atoms with Crippen molar-refractivity contribution >= 4 is 28.7 Å². The van der Waals surface area contributed by atoms with E-state index in [1.165, 1.54) is 12.8 Å². The first kappa shape index (κ1) is 29.8. The average molecular weight is 599 g/mol. The first-order valence-corrected chi connectivity index (χ1v) is 15.7. The normalized spacial score (nSPS) is 16.5. The summed E-state index contributed by atoms with van der Waals surface area (Å²) in [5.41, 5.74) is 4.31. The first-order valence-electron chi connectivity index (χ1n) is 15.7. The molecule has 2 aliphatic rings. The number of imidazole rings is 1. The van der Waals surface area contributed by atoms with Gasteiger partial charge in [-0.15, -0.1) is 5.10 Å². The summed E-state index contributed by atoms with van der Waals surface area (Å²) in [6, 6.07) is 13.2. The smallest absolute Gasteiger partial charge is 0.410 e. The van der Waals surface area contributed by atoms with Crippen LogP contribution < -0.4 is 5.32 Å². The van der Waals surface area contributed by atoms with Crippen LogP contribution in [0, 0.1) is 5.92 Å². The number of carbonyl (C=O) groups excluding carboxylic acids is 2. The van der Waals surface area contributed by atoms with Crippen LogP contribution in [0.1, 0.15) is 69.1 Å².